The van der Waals surface area contributed by atoms with Crippen molar-refractivity contribution >= 4 is 28.3 Å². The van der Waals surface area contributed by atoms with Gasteiger partial charge >= 0.3 is 10.8 Å². The van der Waals surface area contributed by atoms with Gasteiger partial charge in [-0.15, -0.1) is 5.10 Å². The van der Waals surface area contributed by atoms with Crippen LogP contribution in [0.15, 0.2) is 28.4 Å². The van der Waals surface area contributed by atoms with Crippen molar-refractivity contribution in [3.63, 3.8) is 0 Å². The minimum atomic E-state index is -1.00. The molecule has 3 aromatic rings. The molecule has 0 aliphatic heterocycles. The fourth-order valence-corrected chi connectivity index (χ4v) is 2.34. The predicted molar refractivity (Wildman–Crippen MR) is 68.5 cm³/mol. The third-order valence-electron chi connectivity index (χ3n) is 2.65. The van der Waals surface area contributed by atoms with Crippen LogP contribution in [0.25, 0.3) is 11.0 Å². The highest BCUT2D eigenvalue weighted by Crippen LogP contribution is 2.14. The van der Waals surface area contributed by atoms with Crippen LogP contribution in [-0.2, 0) is 6.54 Å². The Hall–Kier alpha value is -2.48. The summed E-state index contributed by atoms with van der Waals surface area (Å²) in [5.74, 6) is -1.00. The number of benzene rings is 1. The number of nitrogens with one attached hydrogen (secondary N) is 1. The first-order valence-electron chi connectivity index (χ1n) is 5.37. The van der Waals surface area contributed by atoms with E-state index in [9.17, 15) is 9.59 Å². The van der Waals surface area contributed by atoms with Gasteiger partial charge in [0.25, 0.3) is 0 Å². The van der Waals surface area contributed by atoms with Crippen LogP contribution in [0.5, 0.6) is 0 Å². The number of rotatable bonds is 3. The molecule has 0 spiro atoms. The largest absolute Gasteiger partial charge is 0.478 e. The number of aromatic nitrogens is 4. The Morgan fingerprint density at radius 1 is 1.47 bits per heavy atom. The fourth-order valence-electron chi connectivity index (χ4n) is 1.77. The van der Waals surface area contributed by atoms with Crippen LogP contribution >= 0.6 is 11.3 Å². The van der Waals surface area contributed by atoms with Crippen molar-refractivity contribution < 1.29 is 9.90 Å². The van der Waals surface area contributed by atoms with Crippen LogP contribution in [-0.4, -0.2) is 31.1 Å². The van der Waals surface area contributed by atoms with Gasteiger partial charge < -0.3 is 10.1 Å². The number of carbonyl (C=O) groups is 1. The molecule has 0 saturated carbocycles. The van der Waals surface area contributed by atoms with Crippen LogP contribution in [0, 0.1) is 0 Å². The summed E-state index contributed by atoms with van der Waals surface area (Å²) in [5, 5.41) is 18.6. The van der Waals surface area contributed by atoms with Crippen LogP contribution in [0.2, 0.25) is 0 Å². The molecule has 96 valence electrons. The average molecular weight is 276 g/mol. The number of nitrogens with zero attached hydrogens (tertiary/aromatic N) is 3. The molecule has 0 radical (unpaired) electrons. The lowest BCUT2D eigenvalue weighted by molar-refractivity contribution is 0.0697. The van der Waals surface area contributed by atoms with Gasteiger partial charge in [0, 0.05) is 5.38 Å². The number of hydrogen-bond donors (Lipinski definition) is 2. The maximum absolute atomic E-state index is 11.1. The lowest BCUT2D eigenvalue weighted by atomic mass is 10.2. The zero-order valence-corrected chi connectivity index (χ0v) is 10.3. The zero-order chi connectivity index (χ0) is 13.4. The molecule has 2 N–H and O–H groups in total. The van der Waals surface area contributed by atoms with Crippen molar-refractivity contribution in [1.82, 2.24) is 20.0 Å². The first-order valence-corrected chi connectivity index (χ1v) is 6.25. The molecule has 0 saturated heterocycles. The van der Waals surface area contributed by atoms with E-state index in [1.807, 2.05) is 0 Å². The van der Waals surface area contributed by atoms with Crippen LogP contribution in [0.4, 0.5) is 0 Å². The minimum absolute atomic E-state index is 0.134. The third kappa shape index (κ3) is 2.13. The van der Waals surface area contributed by atoms with E-state index in [4.69, 9.17) is 5.11 Å². The Morgan fingerprint density at radius 3 is 3.00 bits per heavy atom. The highest BCUT2D eigenvalue weighted by molar-refractivity contribution is 7.07. The Labute approximate surface area is 110 Å². The molecule has 0 fully saturated rings. The fraction of sp³-hybridized carbons (Fsp3) is 0.0909. The summed E-state index contributed by atoms with van der Waals surface area (Å²) in [7, 11) is 0. The quantitative estimate of drug-likeness (QED) is 0.741. The van der Waals surface area contributed by atoms with E-state index < -0.39 is 5.97 Å². The smallest absolute Gasteiger partial charge is 0.335 e. The van der Waals surface area contributed by atoms with E-state index in [0.29, 0.717) is 23.3 Å². The van der Waals surface area contributed by atoms with Crippen molar-refractivity contribution in [2.45, 2.75) is 6.54 Å². The SMILES string of the molecule is O=C(O)c1ccc2nnn(Cc3csc(=O)[nH]3)c2c1. The molecule has 0 bridgehead atoms. The molecular weight excluding hydrogens is 268 g/mol. The van der Waals surface area contributed by atoms with Crippen LogP contribution < -0.4 is 4.87 Å². The summed E-state index contributed by atoms with van der Waals surface area (Å²) in [5.41, 5.74) is 2.12. The summed E-state index contributed by atoms with van der Waals surface area (Å²) < 4.78 is 1.56. The van der Waals surface area contributed by atoms with Gasteiger partial charge in [0.2, 0.25) is 0 Å². The molecule has 0 unspecified atom stereocenters. The number of thiazole rings is 1. The lowest BCUT2D eigenvalue weighted by Crippen LogP contribution is -2.05. The standard InChI is InChI=1S/C11H8N4O3S/c16-10(17)6-1-2-8-9(3-6)15(14-13-8)4-7-5-19-11(18)12-7/h1-3,5H,4H2,(H,12,18)(H,16,17). The van der Waals surface area contributed by atoms with Gasteiger partial charge in [-0.25, -0.2) is 9.48 Å². The highest BCUT2D eigenvalue weighted by atomic mass is 32.1. The van der Waals surface area contributed by atoms with Crippen LogP contribution in [0.3, 0.4) is 0 Å². The topological polar surface area (TPSA) is 101 Å². The molecule has 7 nitrogen and oxygen atoms in total. The Balaban J connectivity index is 2.05. The zero-order valence-electron chi connectivity index (χ0n) is 9.53. The number of aromatic amines is 1. The van der Waals surface area contributed by atoms with Gasteiger partial charge in [-0.1, -0.05) is 16.6 Å². The van der Waals surface area contributed by atoms with E-state index in [0.717, 1.165) is 11.3 Å². The lowest BCUT2D eigenvalue weighted by Gasteiger charge is -2.00. The second-order valence-electron chi connectivity index (χ2n) is 3.93. The molecule has 0 amide bonds. The Morgan fingerprint density at radius 2 is 2.32 bits per heavy atom. The van der Waals surface area contributed by atoms with Crippen molar-refractivity contribution in [2.75, 3.05) is 0 Å². The number of fused-ring (bicyclic) bond motifs is 1. The van der Waals surface area contributed by atoms with Gasteiger partial charge in [-0.3, -0.25) is 4.79 Å². The Kier molecular flexibility index (Phi) is 2.64. The molecule has 2 aromatic heterocycles. The monoisotopic (exact) mass is 276 g/mol. The van der Waals surface area contributed by atoms with Gasteiger partial charge in [-0.05, 0) is 18.2 Å². The van der Waals surface area contributed by atoms with E-state index in [2.05, 4.69) is 15.3 Å². The molecular formula is C11H8N4O3S. The second-order valence-corrected chi connectivity index (χ2v) is 4.77. The van der Waals surface area contributed by atoms with Gasteiger partial charge in [-0.2, -0.15) is 0 Å². The van der Waals surface area contributed by atoms with Gasteiger partial charge in [0.1, 0.15) is 5.52 Å². The maximum atomic E-state index is 11.1. The summed E-state index contributed by atoms with van der Waals surface area (Å²) in [6.45, 7) is 0.346. The summed E-state index contributed by atoms with van der Waals surface area (Å²) in [6.07, 6.45) is 0. The number of hydrogen-bond acceptors (Lipinski definition) is 5. The molecule has 0 aliphatic rings. The minimum Gasteiger partial charge on any atom is -0.478 e. The van der Waals surface area contributed by atoms with E-state index in [-0.39, 0.29) is 10.4 Å². The predicted octanol–water partition coefficient (Wildman–Crippen LogP) is 0.928. The van der Waals surface area contributed by atoms with Gasteiger partial charge in [0.05, 0.1) is 23.3 Å². The molecule has 3 rings (SSSR count). The first kappa shape index (κ1) is 11.6. The second kappa shape index (κ2) is 4.32. The summed E-state index contributed by atoms with van der Waals surface area (Å²) in [6, 6.07) is 4.61. The van der Waals surface area contributed by atoms with Crippen molar-refractivity contribution in [2.24, 2.45) is 0 Å². The first-order chi connectivity index (χ1) is 9.13. The number of H-pyrrole nitrogens is 1. The summed E-state index contributed by atoms with van der Waals surface area (Å²) in [4.78, 5) is 24.6. The molecule has 1 aromatic carbocycles. The maximum Gasteiger partial charge on any atom is 0.335 e. The van der Waals surface area contributed by atoms with Crippen molar-refractivity contribution in [3.8, 4) is 0 Å². The number of carboxylic acids is 1. The van der Waals surface area contributed by atoms with E-state index >= 15 is 0 Å². The van der Waals surface area contributed by atoms with Crippen molar-refractivity contribution in [1.29, 1.82) is 0 Å². The molecule has 8 heteroatoms. The van der Waals surface area contributed by atoms with E-state index in [1.54, 1.807) is 16.1 Å². The molecule has 0 atom stereocenters. The number of carboxylic acid groups (broad SMARTS) is 1. The van der Waals surface area contributed by atoms with E-state index in [1.165, 1.54) is 12.1 Å². The normalized spacial score (nSPS) is 10.9. The Bertz CT molecular complexity index is 817. The summed E-state index contributed by atoms with van der Waals surface area (Å²) >= 11 is 1.07. The molecule has 0 aliphatic carbocycles. The van der Waals surface area contributed by atoms with Gasteiger partial charge in [0.15, 0.2) is 0 Å². The van der Waals surface area contributed by atoms with Crippen molar-refractivity contribution in [3.05, 3.63) is 44.5 Å². The average Bonchev–Trinajstić information content (AvgIpc) is 2.96. The molecule has 2 heterocycles. The third-order valence-corrected chi connectivity index (χ3v) is 3.37. The number of aromatic carboxylic acids is 1. The molecule has 19 heavy (non-hydrogen) atoms. The highest BCUT2D eigenvalue weighted by Gasteiger charge is 2.10. The van der Waals surface area contributed by atoms with Crippen LogP contribution in [0.1, 0.15) is 16.1 Å².